The fourth-order valence-corrected chi connectivity index (χ4v) is 2.04. The molecule has 4 heteroatoms. The molecule has 120 valence electrons. The van der Waals surface area contributed by atoms with Gasteiger partial charge in [0.15, 0.2) is 0 Å². The summed E-state index contributed by atoms with van der Waals surface area (Å²) in [6, 6.07) is 14.6. The molecule has 0 fully saturated rings. The maximum Gasteiger partial charge on any atom is 0.128 e. The van der Waals surface area contributed by atoms with E-state index >= 15 is 0 Å². The Balaban J connectivity index is 1.79. The molecule has 2 aromatic rings. The average Bonchev–Trinajstić information content (AvgIpc) is 2.47. The van der Waals surface area contributed by atoms with Crippen LogP contribution in [0, 0.1) is 0 Å². The van der Waals surface area contributed by atoms with E-state index in [1.54, 1.807) is 12.1 Å². The van der Waals surface area contributed by atoms with Gasteiger partial charge in [-0.3, -0.25) is 0 Å². The normalized spacial score (nSPS) is 11.1. The highest BCUT2D eigenvalue weighted by Gasteiger charge is 2.00. The Bertz CT molecular complexity index is 708. The molecule has 0 atom stereocenters. The van der Waals surface area contributed by atoms with Gasteiger partial charge >= 0.3 is 0 Å². The summed E-state index contributed by atoms with van der Waals surface area (Å²) < 4.78 is 11.4. The summed E-state index contributed by atoms with van der Waals surface area (Å²) in [5.41, 5.74) is 12.8. The first-order chi connectivity index (χ1) is 11.0. The van der Waals surface area contributed by atoms with Crippen LogP contribution in [0.5, 0.6) is 11.5 Å². The van der Waals surface area contributed by atoms with Crippen LogP contribution >= 0.6 is 0 Å². The molecule has 0 saturated carbocycles. The van der Waals surface area contributed by atoms with Crippen LogP contribution in [0.25, 0.3) is 0 Å². The molecular weight excluding hydrogens is 288 g/mol. The van der Waals surface area contributed by atoms with E-state index in [2.05, 4.69) is 6.58 Å². The van der Waals surface area contributed by atoms with Crippen molar-refractivity contribution in [1.82, 2.24) is 0 Å². The summed E-state index contributed by atoms with van der Waals surface area (Å²) in [4.78, 5) is 0. The minimum absolute atomic E-state index is 0.668. The van der Waals surface area contributed by atoms with Crippen LogP contribution in [0.15, 0.2) is 72.7 Å². The number of nitrogen functional groups attached to an aromatic ring is 2. The van der Waals surface area contributed by atoms with Gasteiger partial charge in [-0.2, -0.15) is 0 Å². The molecule has 0 aliphatic rings. The van der Waals surface area contributed by atoms with Crippen LogP contribution in [0.2, 0.25) is 0 Å². The minimum Gasteiger partial charge on any atom is -0.462 e. The molecule has 2 rings (SSSR count). The number of ether oxygens (including phenoxy) is 2. The van der Waals surface area contributed by atoms with E-state index in [9.17, 15) is 0 Å². The van der Waals surface area contributed by atoms with Crippen LogP contribution in [0.3, 0.4) is 0 Å². The zero-order valence-electron chi connectivity index (χ0n) is 13.3. The number of benzene rings is 2. The second-order valence-electron chi connectivity index (χ2n) is 5.24. The lowest BCUT2D eigenvalue weighted by Crippen LogP contribution is -1.96. The van der Waals surface area contributed by atoms with Gasteiger partial charge in [-0.25, -0.2) is 0 Å². The molecular formula is C19H22N2O2. The second-order valence-corrected chi connectivity index (χ2v) is 5.24. The third-order valence-corrected chi connectivity index (χ3v) is 3.11. The Kier molecular flexibility index (Phi) is 5.69. The molecule has 0 amide bonds. The molecule has 0 spiro atoms. The predicted molar refractivity (Wildman–Crippen MR) is 95.1 cm³/mol. The van der Waals surface area contributed by atoms with E-state index in [0.717, 1.165) is 17.9 Å². The minimum atomic E-state index is 0.668. The lowest BCUT2D eigenvalue weighted by Gasteiger charge is -2.09. The van der Waals surface area contributed by atoms with E-state index in [1.165, 1.54) is 0 Å². The van der Waals surface area contributed by atoms with E-state index in [-0.39, 0.29) is 0 Å². The number of hydrogen-bond donors (Lipinski definition) is 2. The van der Waals surface area contributed by atoms with Gasteiger partial charge in [0.1, 0.15) is 11.5 Å². The van der Waals surface area contributed by atoms with Gasteiger partial charge in [-0.05, 0) is 43.7 Å². The highest BCUT2D eigenvalue weighted by atomic mass is 16.5. The lowest BCUT2D eigenvalue weighted by atomic mass is 10.2. The molecule has 0 saturated heterocycles. The first-order valence-corrected chi connectivity index (χ1v) is 7.44. The van der Waals surface area contributed by atoms with Gasteiger partial charge in [0.25, 0.3) is 0 Å². The van der Waals surface area contributed by atoms with E-state index in [4.69, 9.17) is 20.9 Å². The molecule has 0 unspecified atom stereocenters. The summed E-state index contributed by atoms with van der Waals surface area (Å²) in [5, 5.41) is 0. The van der Waals surface area contributed by atoms with Gasteiger partial charge in [0, 0.05) is 29.9 Å². The molecule has 23 heavy (non-hydrogen) atoms. The van der Waals surface area contributed by atoms with Crippen molar-refractivity contribution < 1.29 is 9.47 Å². The molecule has 0 aliphatic heterocycles. The number of anilines is 2. The first-order valence-electron chi connectivity index (χ1n) is 7.44. The van der Waals surface area contributed by atoms with E-state index < -0.39 is 0 Å². The largest absolute Gasteiger partial charge is 0.462 e. The number of rotatable bonds is 7. The standard InChI is InChI=1S/C19H22N2O2/c1-14(22-18-10-4-8-16(20)12-18)6-3-7-15(2)23-19-11-5-9-17(21)13-19/h4-5,7-13H,1,3,6,20-21H2,2H3/b15-7+. The van der Waals surface area contributed by atoms with Gasteiger partial charge in [0.2, 0.25) is 0 Å². The summed E-state index contributed by atoms with van der Waals surface area (Å²) in [6.45, 7) is 5.83. The van der Waals surface area contributed by atoms with Crippen LogP contribution in [0.1, 0.15) is 19.8 Å². The van der Waals surface area contributed by atoms with Gasteiger partial charge in [-0.1, -0.05) is 18.7 Å². The van der Waals surface area contributed by atoms with Crippen molar-refractivity contribution in [2.45, 2.75) is 19.8 Å². The quantitative estimate of drug-likeness (QED) is 0.583. The summed E-state index contributed by atoms with van der Waals surface area (Å²) in [5.74, 6) is 2.93. The first kappa shape index (κ1) is 16.5. The fraction of sp³-hybridized carbons (Fsp3) is 0.158. The predicted octanol–water partition coefficient (Wildman–Crippen LogP) is 4.51. The molecule has 0 aromatic heterocycles. The number of allylic oxidation sites excluding steroid dienone is 3. The summed E-state index contributed by atoms with van der Waals surface area (Å²) in [7, 11) is 0. The van der Waals surface area contributed by atoms with E-state index in [0.29, 0.717) is 29.3 Å². The van der Waals surface area contributed by atoms with Gasteiger partial charge in [0.05, 0.1) is 11.5 Å². The number of hydrogen-bond acceptors (Lipinski definition) is 4. The van der Waals surface area contributed by atoms with Crippen molar-refractivity contribution >= 4 is 11.4 Å². The smallest absolute Gasteiger partial charge is 0.128 e. The molecule has 4 N–H and O–H groups in total. The maximum absolute atomic E-state index is 5.72. The maximum atomic E-state index is 5.72. The Morgan fingerprint density at radius 2 is 1.57 bits per heavy atom. The van der Waals surface area contributed by atoms with Gasteiger partial charge < -0.3 is 20.9 Å². The third-order valence-electron chi connectivity index (χ3n) is 3.11. The van der Waals surface area contributed by atoms with Crippen LogP contribution in [-0.4, -0.2) is 0 Å². The summed E-state index contributed by atoms with van der Waals surface area (Å²) >= 11 is 0. The molecule has 2 aromatic carbocycles. The SMILES string of the molecule is C=C(CC/C=C(\C)Oc1cccc(N)c1)Oc1cccc(N)c1. The highest BCUT2D eigenvalue weighted by molar-refractivity contribution is 5.44. The Morgan fingerprint density at radius 1 is 1.00 bits per heavy atom. The van der Waals surface area contributed by atoms with Crippen LogP contribution in [0.4, 0.5) is 11.4 Å². The van der Waals surface area contributed by atoms with Crippen molar-refractivity contribution in [3.63, 3.8) is 0 Å². The molecule has 4 nitrogen and oxygen atoms in total. The van der Waals surface area contributed by atoms with Crippen LogP contribution < -0.4 is 20.9 Å². The fourth-order valence-electron chi connectivity index (χ4n) is 2.04. The number of nitrogens with two attached hydrogens (primary N) is 2. The summed E-state index contributed by atoms with van der Waals surface area (Å²) in [6.07, 6.45) is 3.47. The molecule has 0 radical (unpaired) electrons. The van der Waals surface area contributed by atoms with Crippen molar-refractivity contribution in [2.75, 3.05) is 11.5 Å². The second kappa shape index (κ2) is 7.94. The van der Waals surface area contributed by atoms with Crippen molar-refractivity contribution in [2.24, 2.45) is 0 Å². The Morgan fingerprint density at radius 3 is 2.13 bits per heavy atom. The molecule has 0 aliphatic carbocycles. The van der Waals surface area contributed by atoms with E-state index in [1.807, 2.05) is 49.4 Å². The van der Waals surface area contributed by atoms with Crippen molar-refractivity contribution in [1.29, 1.82) is 0 Å². The molecule has 0 bridgehead atoms. The van der Waals surface area contributed by atoms with Crippen molar-refractivity contribution in [3.8, 4) is 11.5 Å². The Labute approximate surface area is 137 Å². The average molecular weight is 310 g/mol. The van der Waals surface area contributed by atoms with Crippen LogP contribution in [-0.2, 0) is 0 Å². The highest BCUT2D eigenvalue weighted by Crippen LogP contribution is 2.20. The van der Waals surface area contributed by atoms with Crippen molar-refractivity contribution in [3.05, 3.63) is 72.7 Å². The lowest BCUT2D eigenvalue weighted by molar-refractivity contribution is 0.403. The van der Waals surface area contributed by atoms with Gasteiger partial charge in [-0.15, -0.1) is 0 Å². The zero-order valence-corrected chi connectivity index (χ0v) is 13.3. The molecule has 0 heterocycles. The Hall–Kier alpha value is -2.88. The monoisotopic (exact) mass is 310 g/mol. The third kappa shape index (κ3) is 5.79. The topological polar surface area (TPSA) is 70.5 Å². The zero-order chi connectivity index (χ0) is 16.7.